The van der Waals surface area contributed by atoms with Crippen molar-refractivity contribution in [2.75, 3.05) is 5.75 Å². The minimum atomic E-state index is -3.40. The third-order valence-electron chi connectivity index (χ3n) is 10.9. The Balaban J connectivity index is 1.60. The number of carbonyl (C=O) groups is 3. The summed E-state index contributed by atoms with van der Waals surface area (Å²) in [7, 11) is -3.40. The monoisotopic (exact) mass is 566 g/mol. The first-order chi connectivity index (χ1) is 18.7. The zero-order valence-corrected chi connectivity index (χ0v) is 25.2. The molecule has 3 aliphatic carbocycles. The highest BCUT2D eigenvalue weighted by Crippen LogP contribution is 2.55. The van der Waals surface area contributed by atoms with E-state index in [2.05, 4.69) is 27.4 Å². The second-order valence-corrected chi connectivity index (χ2v) is 15.6. The van der Waals surface area contributed by atoms with Crippen LogP contribution in [0, 0.1) is 34.5 Å². The van der Waals surface area contributed by atoms with Gasteiger partial charge in [-0.15, -0.1) is 6.58 Å². The first-order valence-corrected chi connectivity index (χ1v) is 16.4. The zero-order valence-electron chi connectivity index (χ0n) is 24.4. The van der Waals surface area contributed by atoms with E-state index in [1.54, 1.807) is 6.92 Å². The quantitative estimate of drug-likeness (QED) is 0.392. The van der Waals surface area contributed by atoms with Gasteiger partial charge < -0.3 is 5.11 Å². The van der Waals surface area contributed by atoms with Gasteiger partial charge >= 0.3 is 5.97 Å². The molecule has 1 saturated carbocycles. The Morgan fingerprint density at radius 2 is 1.85 bits per heavy atom. The van der Waals surface area contributed by atoms with E-state index >= 15 is 0 Å². The van der Waals surface area contributed by atoms with E-state index < -0.39 is 39.0 Å². The predicted octanol–water partition coefficient (Wildman–Crippen LogP) is 6.55. The molecule has 40 heavy (non-hydrogen) atoms. The molecule has 1 N–H and O–H groups in total. The van der Waals surface area contributed by atoms with Crippen molar-refractivity contribution >= 4 is 27.4 Å². The summed E-state index contributed by atoms with van der Waals surface area (Å²) in [4.78, 5) is 41.3. The van der Waals surface area contributed by atoms with Gasteiger partial charge in [-0.25, -0.2) is 8.42 Å². The fraction of sp³-hybridized carbons (Fsp3) is 0.606. The Hall–Kier alpha value is -2.54. The summed E-state index contributed by atoms with van der Waals surface area (Å²) < 4.78 is 25.7. The smallest absolute Gasteiger partial charge is 0.309 e. The molecule has 6 unspecified atom stereocenters. The normalized spacial score (nSPS) is 34.9. The summed E-state index contributed by atoms with van der Waals surface area (Å²) >= 11 is 0. The fourth-order valence-electron chi connectivity index (χ4n) is 8.61. The zero-order chi connectivity index (χ0) is 29.4. The molecule has 0 spiro atoms. The van der Waals surface area contributed by atoms with E-state index in [1.807, 2.05) is 25.1 Å². The molecule has 7 heteroatoms. The van der Waals surface area contributed by atoms with E-state index in [-0.39, 0.29) is 34.6 Å². The number of carboxylic acid groups (broad SMARTS) is 1. The van der Waals surface area contributed by atoms with E-state index in [0.717, 1.165) is 29.5 Å². The standard InChI is InChI=1S/C33H42O6S/c1-7-32(5)12-8-13-33(6,31(36)37)25(32)10-9-20-16-21(18(2)3)17-24-26(20)29(35)27-22-11-14-40(38,39)30(22)19(4)15-23(27)28(24)34/h7,16-18,22-23,25,27H,1,8-15H2,2-6H3,(H,36,37). The molecule has 5 rings (SSSR count). The van der Waals surface area contributed by atoms with Crippen LogP contribution in [0.5, 0.6) is 0 Å². The molecule has 0 bridgehead atoms. The molecule has 0 aromatic heterocycles. The molecule has 0 radical (unpaired) electrons. The van der Waals surface area contributed by atoms with Crippen LogP contribution in [0.2, 0.25) is 0 Å². The van der Waals surface area contributed by atoms with E-state index in [9.17, 15) is 27.9 Å². The van der Waals surface area contributed by atoms with Crippen LogP contribution in [0.15, 0.2) is 35.3 Å². The lowest BCUT2D eigenvalue weighted by atomic mass is 9.54. The highest BCUT2D eigenvalue weighted by Gasteiger charge is 2.55. The lowest BCUT2D eigenvalue weighted by Gasteiger charge is -2.49. The topological polar surface area (TPSA) is 106 Å². The second-order valence-electron chi connectivity index (χ2n) is 13.6. The van der Waals surface area contributed by atoms with E-state index in [0.29, 0.717) is 48.1 Å². The SMILES string of the molecule is C=CC1(C)CCCC(C)(C(=O)O)C1CCc1cc(C(C)C)cc2c1C(=O)C1C(CC(C)=C3C1CCS3(=O)=O)C2=O. The number of ketones is 2. The van der Waals surface area contributed by atoms with Crippen molar-refractivity contribution in [3.63, 3.8) is 0 Å². The molecule has 6 atom stereocenters. The number of hydrogen-bond donors (Lipinski definition) is 1. The predicted molar refractivity (Wildman–Crippen MR) is 155 cm³/mol. The Morgan fingerprint density at radius 1 is 1.15 bits per heavy atom. The summed E-state index contributed by atoms with van der Waals surface area (Å²) in [6, 6.07) is 3.90. The van der Waals surface area contributed by atoms with Crippen molar-refractivity contribution in [3.05, 3.63) is 57.5 Å². The molecule has 1 aromatic rings. The number of hydrogen-bond acceptors (Lipinski definition) is 5. The van der Waals surface area contributed by atoms with Crippen molar-refractivity contribution in [2.24, 2.45) is 34.5 Å². The van der Waals surface area contributed by atoms with Gasteiger partial charge in [0.2, 0.25) is 0 Å². The molecule has 216 valence electrons. The number of allylic oxidation sites excluding steroid dienone is 3. The second kappa shape index (κ2) is 9.78. The minimum Gasteiger partial charge on any atom is -0.481 e. The van der Waals surface area contributed by atoms with Gasteiger partial charge in [-0.2, -0.15) is 0 Å². The van der Waals surface area contributed by atoms with Gasteiger partial charge in [0.15, 0.2) is 21.4 Å². The lowest BCUT2D eigenvalue weighted by Crippen LogP contribution is -2.47. The first-order valence-electron chi connectivity index (χ1n) is 14.7. The van der Waals surface area contributed by atoms with E-state index in [4.69, 9.17) is 0 Å². The third-order valence-corrected chi connectivity index (χ3v) is 13.0. The van der Waals surface area contributed by atoms with Gasteiger partial charge in [0.25, 0.3) is 0 Å². The third kappa shape index (κ3) is 4.26. The molecule has 1 saturated heterocycles. The van der Waals surface area contributed by atoms with Gasteiger partial charge in [-0.05, 0) is 86.8 Å². The first kappa shape index (κ1) is 29.0. The number of aryl methyl sites for hydroxylation is 1. The van der Waals surface area contributed by atoms with Crippen molar-refractivity contribution in [3.8, 4) is 0 Å². The maximum Gasteiger partial charge on any atom is 0.309 e. The van der Waals surface area contributed by atoms with Crippen LogP contribution in [0.25, 0.3) is 0 Å². The Labute approximate surface area is 238 Å². The molecule has 4 aliphatic rings. The van der Waals surface area contributed by atoms with Crippen molar-refractivity contribution < 1.29 is 27.9 Å². The summed E-state index contributed by atoms with van der Waals surface area (Å²) in [5.41, 5.74) is 2.12. The average molecular weight is 567 g/mol. The number of benzene rings is 1. The number of rotatable bonds is 6. The highest BCUT2D eigenvalue weighted by molar-refractivity contribution is 7.95. The molecular weight excluding hydrogens is 524 g/mol. The summed E-state index contributed by atoms with van der Waals surface area (Å²) in [6.07, 6.45) is 5.87. The molecule has 6 nitrogen and oxygen atoms in total. The Bertz CT molecular complexity index is 1450. The van der Waals surface area contributed by atoms with Crippen LogP contribution in [-0.4, -0.2) is 36.8 Å². The van der Waals surface area contributed by atoms with Gasteiger partial charge in [-0.3, -0.25) is 14.4 Å². The molecule has 1 aromatic carbocycles. The van der Waals surface area contributed by atoms with Crippen LogP contribution >= 0.6 is 0 Å². The molecule has 1 aliphatic heterocycles. The minimum absolute atomic E-state index is 0.0244. The van der Waals surface area contributed by atoms with Gasteiger partial charge in [0.1, 0.15) is 0 Å². The number of carboxylic acids is 1. The number of aliphatic carboxylic acids is 1. The maximum absolute atomic E-state index is 14.3. The van der Waals surface area contributed by atoms with Crippen LogP contribution < -0.4 is 0 Å². The number of fused-ring (bicyclic) bond motifs is 4. The van der Waals surface area contributed by atoms with Crippen molar-refractivity contribution in [2.45, 2.75) is 85.5 Å². The number of carbonyl (C=O) groups excluding carboxylic acids is 2. The summed E-state index contributed by atoms with van der Waals surface area (Å²) in [5.74, 6) is -2.63. The number of sulfone groups is 1. The van der Waals surface area contributed by atoms with Gasteiger partial charge in [-0.1, -0.05) is 44.9 Å². The van der Waals surface area contributed by atoms with Crippen LogP contribution in [-0.2, 0) is 21.1 Å². The average Bonchev–Trinajstić information content (AvgIpc) is 3.21. The molecule has 2 fully saturated rings. The fourth-order valence-corrected chi connectivity index (χ4v) is 10.7. The van der Waals surface area contributed by atoms with Crippen molar-refractivity contribution in [1.82, 2.24) is 0 Å². The summed E-state index contributed by atoms with van der Waals surface area (Å²) in [5, 5.41) is 10.3. The van der Waals surface area contributed by atoms with Crippen LogP contribution in [0.3, 0.4) is 0 Å². The molecule has 1 heterocycles. The van der Waals surface area contributed by atoms with E-state index in [1.165, 1.54) is 0 Å². The molecular formula is C33H42O6S. The van der Waals surface area contributed by atoms with Crippen LogP contribution in [0.1, 0.15) is 111 Å². The largest absolute Gasteiger partial charge is 0.481 e. The lowest BCUT2D eigenvalue weighted by molar-refractivity contribution is -0.158. The number of Topliss-reactive ketones (excluding diaryl/α,β-unsaturated/α-hetero) is 2. The van der Waals surface area contributed by atoms with Crippen molar-refractivity contribution in [1.29, 1.82) is 0 Å². The summed E-state index contributed by atoms with van der Waals surface area (Å²) in [6.45, 7) is 13.9. The highest BCUT2D eigenvalue weighted by atomic mass is 32.2. The maximum atomic E-state index is 14.3. The molecule has 0 amide bonds. The Kier molecular flexibility index (Phi) is 7.08. The van der Waals surface area contributed by atoms with Gasteiger partial charge in [0, 0.05) is 33.8 Å². The van der Waals surface area contributed by atoms with Gasteiger partial charge in [0.05, 0.1) is 11.2 Å². The van der Waals surface area contributed by atoms with Crippen LogP contribution in [0.4, 0.5) is 0 Å². The Morgan fingerprint density at radius 3 is 2.48 bits per heavy atom.